The Hall–Kier alpha value is -3.08. The molecular weight excluding hydrogens is 412 g/mol. The van der Waals surface area contributed by atoms with Crippen LogP contribution in [0.2, 0.25) is 0 Å². The van der Waals surface area contributed by atoms with E-state index in [1.165, 1.54) is 18.4 Å². The van der Waals surface area contributed by atoms with Crippen LogP contribution >= 0.6 is 0 Å². The average Bonchev–Trinajstić information content (AvgIpc) is 2.85. The normalized spacial score (nSPS) is 14.4. The summed E-state index contributed by atoms with van der Waals surface area (Å²) in [7, 11) is 1.63. The minimum atomic E-state index is -0.691. The lowest BCUT2D eigenvalue weighted by atomic mass is 9.97. The molecule has 0 heterocycles. The molecule has 0 saturated carbocycles. The molecule has 33 heavy (non-hydrogen) atoms. The summed E-state index contributed by atoms with van der Waals surface area (Å²) in [5, 5.41) is 3.11. The number of nitrogens with one attached hydrogen (secondary N) is 1. The third-order valence-corrected chi connectivity index (χ3v) is 6.09. The van der Waals surface area contributed by atoms with Crippen LogP contribution in [0.3, 0.4) is 0 Å². The van der Waals surface area contributed by atoms with E-state index in [2.05, 4.69) is 11.4 Å². The van der Waals surface area contributed by atoms with Gasteiger partial charge in [0.05, 0.1) is 7.11 Å². The molecule has 0 saturated heterocycles. The van der Waals surface area contributed by atoms with Crippen molar-refractivity contribution in [2.45, 2.75) is 58.5 Å². The molecule has 5 nitrogen and oxygen atoms in total. The Bertz CT molecular complexity index is 935. The van der Waals surface area contributed by atoms with Crippen LogP contribution in [-0.4, -0.2) is 30.4 Å². The van der Waals surface area contributed by atoms with Gasteiger partial charge in [0.15, 0.2) is 0 Å². The second-order valence-corrected chi connectivity index (χ2v) is 8.93. The molecule has 176 valence electrons. The van der Waals surface area contributed by atoms with E-state index in [1.54, 1.807) is 12.0 Å². The van der Waals surface area contributed by atoms with Gasteiger partial charge in [-0.2, -0.15) is 0 Å². The second-order valence-electron chi connectivity index (χ2n) is 8.93. The topological polar surface area (TPSA) is 58.6 Å². The van der Waals surface area contributed by atoms with E-state index >= 15 is 0 Å². The number of hydrogen-bond donors (Lipinski definition) is 1. The molecule has 3 rings (SSSR count). The number of carbonyl (C=O) groups excluding carboxylic acids is 2. The zero-order valence-electron chi connectivity index (χ0n) is 20.0. The van der Waals surface area contributed by atoms with Gasteiger partial charge in [0.25, 0.3) is 0 Å². The van der Waals surface area contributed by atoms with Crippen LogP contribution in [0.25, 0.3) is 0 Å². The Morgan fingerprint density at radius 2 is 1.76 bits per heavy atom. The predicted octanol–water partition coefficient (Wildman–Crippen LogP) is 5.43. The molecule has 2 aromatic carbocycles. The summed E-state index contributed by atoms with van der Waals surface area (Å²) in [4.78, 5) is 28.5. The van der Waals surface area contributed by atoms with Gasteiger partial charge in [0, 0.05) is 19.0 Å². The highest BCUT2D eigenvalue weighted by molar-refractivity contribution is 5.89. The fourth-order valence-electron chi connectivity index (χ4n) is 4.24. The maximum atomic E-state index is 13.5. The minimum absolute atomic E-state index is 0.0511. The summed E-state index contributed by atoms with van der Waals surface area (Å²) in [6.45, 7) is 4.68. The number of rotatable bonds is 10. The first kappa shape index (κ1) is 24.6. The molecule has 1 unspecified atom stereocenters. The third-order valence-electron chi connectivity index (χ3n) is 6.09. The Kier molecular flexibility index (Phi) is 9.11. The zero-order valence-corrected chi connectivity index (χ0v) is 20.0. The number of nitrogens with zero attached hydrogens (tertiary/aromatic N) is 1. The summed E-state index contributed by atoms with van der Waals surface area (Å²) in [5.41, 5.74) is 3.19. The van der Waals surface area contributed by atoms with Crippen LogP contribution in [0, 0.1) is 5.92 Å². The van der Waals surface area contributed by atoms with Gasteiger partial charge in [-0.1, -0.05) is 68.0 Å². The van der Waals surface area contributed by atoms with Crippen molar-refractivity contribution in [1.82, 2.24) is 10.2 Å². The molecule has 1 N–H and O–H groups in total. The van der Waals surface area contributed by atoms with Crippen molar-refractivity contribution in [3.63, 3.8) is 0 Å². The Morgan fingerprint density at radius 3 is 2.36 bits per heavy atom. The van der Waals surface area contributed by atoms with Crippen LogP contribution in [0.1, 0.15) is 63.1 Å². The number of hydrogen-bond acceptors (Lipinski definition) is 3. The van der Waals surface area contributed by atoms with Gasteiger partial charge >= 0.3 is 0 Å². The summed E-state index contributed by atoms with van der Waals surface area (Å²) in [6, 6.07) is 16.5. The standard InChI is InChI=1S/C28H36N2O3/c1-21(2)28(32)30(20-23-14-16-25(33-3)17-15-23)26(24-12-8-5-9-13-24)27(31)29-19-18-22-10-6-4-7-11-22/h5,8-10,12-17,21,26H,4,6-7,11,18-20H2,1-3H3,(H,29,31). The van der Waals surface area contributed by atoms with E-state index in [-0.39, 0.29) is 17.7 Å². The highest BCUT2D eigenvalue weighted by Crippen LogP contribution is 2.26. The fraction of sp³-hybridized carbons (Fsp3) is 0.429. The lowest BCUT2D eigenvalue weighted by molar-refractivity contribution is -0.144. The Morgan fingerprint density at radius 1 is 1.03 bits per heavy atom. The maximum absolute atomic E-state index is 13.5. The molecule has 1 aliphatic rings. The van der Waals surface area contributed by atoms with Gasteiger partial charge in [-0.3, -0.25) is 9.59 Å². The number of methoxy groups -OCH3 is 1. The first-order valence-corrected chi connectivity index (χ1v) is 11.9. The van der Waals surface area contributed by atoms with Gasteiger partial charge in [-0.25, -0.2) is 0 Å². The highest BCUT2D eigenvalue weighted by atomic mass is 16.5. The summed E-state index contributed by atoms with van der Waals surface area (Å²) in [5.74, 6) is 0.342. The van der Waals surface area contributed by atoms with Crippen LogP contribution in [0.15, 0.2) is 66.2 Å². The van der Waals surface area contributed by atoms with E-state index in [1.807, 2.05) is 68.4 Å². The second kappa shape index (κ2) is 12.2. The fourth-order valence-corrected chi connectivity index (χ4v) is 4.24. The van der Waals surface area contributed by atoms with Gasteiger partial charge in [0.2, 0.25) is 11.8 Å². The van der Waals surface area contributed by atoms with Crippen molar-refractivity contribution >= 4 is 11.8 Å². The SMILES string of the molecule is COc1ccc(CN(C(=O)C(C)C)C(C(=O)NCCC2=CCCCC2)c2ccccc2)cc1. The van der Waals surface area contributed by atoms with E-state index < -0.39 is 6.04 Å². The van der Waals surface area contributed by atoms with Crippen LogP contribution in [-0.2, 0) is 16.1 Å². The first-order valence-electron chi connectivity index (χ1n) is 11.9. The van der Waals surface area contributed by atoms with E-state index in [9.17, 15) is 9.59 Å². The number of allylic oxidation sites excluding steroid dienone is 1. The Balaban J connectivity index is 1.84. The summed E-state index contributed by atoms with van der Waals surface area (Å²) >= 11 is 0. The van der Waals surface area contributed by atoms with Crippen molar-refractivity contribution in [2.75, 3.05) is 13.7 Å². The quantitative estimate of drug-likeness (QED) is 0.493. The van der Waals surface area contributed by atoms with E-state index in [4.69, 9.17) is 4.74 Å². The molecule has 1 aliphatic carbocycles. The Labute approximate surface area is 197 Å². The zero-order chi connectivity index (χ0) is 23.6. The van der Waals surface area contributed by atoms with Crippen LogP contribution in [0.4, 0.5) is 0 Å². The lowest BCUT2D eigenvalue weighted by Crippen LogP contribution is -2.45. The number of benzene rings is 2. The van der Waals surface area contributed by atoms with Crippen molar-refractivity contribution in [3.05, 3.63) is 77.4 Å². The monoisotopic (exact) mass is 448 g/mol. The predicted molar refractivity (Wildman–Crippen MR) is 132 cm³/mol. The van der Waals surface area contributed by atoms with Crippen molar-refractivity contribution in [3.8, 4) is 5.75 Å². The van der Waals surface area contributed by atoms with E-state index in [0.717, 1.165) is 36.1 Å². The third kappa shape index (κ3) is 6.95. The highest BCUT2D eigenvalue weighted by Gasteiger charge is 2.32. The lowest BCUT2D eigenvalue weighted by Gasteiger charge is -2.33. The molecular formula is C28H36N2O3. The molecule has 0 fully saturated rings. The summed E-state index contributed by atoms with van der Waals surface area (Å²) < 4.78 is 5.26. The molecule has 0 aromatic heterocycles. The van der Waals surface area contributed by atoms with Crippen molar-refractivity contribution in [2.24, 2.45) is 5.92 Å². The largest absolute Gasteiger partial charge is 0.497 e. The smallest absolute Gasteiger partial charge is 0.247 e. The van der Waals surface area contributed by atoms with Gasteiger partial charge in [-0.15, -0.1) is 0 Å². The van der Waals surface area contributed by atoms with Crippen LogP contribution < -0.4 is 10.1 Å². The molecule has 2 aromatic rings. The number of amides is 2. The van der Waals surface area contributed by atoms with Crippen LogP contribution in [0.5, 0.6) is 5.75 Å². The molecule has 0 radical (unpaired) electrons. The first-order chi connectivity index (χ1) is 16.0. The minimum Gasteiger partial charge on any atom is -0.497 e. The molecule has 5 heteroatoms. The molecule has 1 atom stereocenters. The molecule has 0 spiro atoms. The maximum Gasteiger partial charge on any atom is 0.247 e. The average molecular weight is 449 g/mol. The van der Waals surface area contributed by atoms with Crippen molar-refractivity contribution in [1.29, 1.82) is 0 Å². The van der Waals surface area contributed by atoms with E-state index in [0.29, 0.717) is 13.1 Å². The van der Waals surface area contributed by atoms with Gasteiger partial charge < -0.3 is 15.0 Å². The van der Waals surface area contributed by atoms with Gasteiger partial charge in [-0.05, 0) is 55.4 Å². The molecule has 0 bridgehead atoms. The number of ether oxygens (including phenoxy) is 1. The number of carbonyl (C=O) groups is 2. The summed E-state index contributed by atoms with van der Waals surface area (Å²) in [6.07, 6.45) is 7.91. The van der Waals surface area contributed by atoms with Crippen molar-refractivity contribution < 1.29 is 14.3 Å². The van der Waals surface area contributed by atoms with Gasteiger partial charge in [0.1, 0.15) is 11.8 Å². The molecule has 0 aliphatic heterocycles. The molecule has 2 amide bonds.